The Morgan fingerprint density at radius 1 is 1.50 bits per heavy atom. The minimum Gasteiger partial charge on any atom is -0.385 e. The van der Waals surface area contributed by atoms with Gasteiger partial charge >= 0.3 is 0 Å². The molecule has 1 aromatic rings. The first-order valence-electron chi connectivity index (χ1n) is 6.31. The molecule has 1 rings (SSSR count). The number of nitrogens with zero attached hydrogens (tertiary/aromatic N) is 2. The standard InChI is InChI=1S/C14H19N3O3/c1-14(2,6-7-20-3)10-16-13-5-4-12(17(18)19)8-11(13)9-15/h4-5,8,16H,6-7,10H2,1-3H3. The summed E-state index contributed by atoms with van der Waals surface area (Å²) >= 11 is 0. The maximum absolute atomic E-state index is 10.7. The molecule has 0 unspecified atom stereocenters. The lowest BCUT2D eigenvalue weighted by atomic mass is 9.89. The van der Waals surface area contributed by atoms with E-state index in [1.54, 1.807) is 13.2 Å². The zero-order chi connectivity index (χ0) is 15.2. The maximum Gasteiger partial charge on any atom is 0.270 e. The zero-order valence-electron chi connectivity index (χ0n) is 12.0. The van der Waals surface area contributed by atoms with E-state index in [4.69, 9.17) is 10.00 Å². The molecule has 0 aromatic heterocycles. The molecule has 0 aliphatic heterocycles. The van der Waals surface area contributed by atoms with Crippen molar-refractivity contribution in [3.05, 3.63) is 33.9 Å². The SMILES string of the molecule is COCCC(C)(C)CNc1ccc([N+](=O)[O-])cc1C#N. The van der Waals surface area contributed by atoms with Crippen LogP contribution < -0.4 is 5.32 Å². The van der Waals surface area contributed by atoms with Crippen LogP contribution >= 0.6 is 0 Å². The van der Waals surface area contributed by atoms with Gasteiger partial charge in [-0.1, -0.05) is 13.8 Å². The van der Waals surface area contributed by atoms with E-state index in [2.05, 4.69) is 19.2 Å². The average molecular weight is 277 g/mol. The van der Waals surface area contributed by atoms with Crippen molar-refractivity contribution in [2.45, 2.75) is 20.3 Å². The van der Waals surface area contributed by atoms with E-state index in [0.29, 0.717) is 18.8 Å². The summed E-state index contributed by atoms with van der Waals surface area (Å²) in [7, 11) is 1.66. The first-order valence-corrected chi connectivity index (χ1v) is 6.31. The van der Waals surface area contributed by atoms with Gasteiger partial charge in [-0.25, -0.2) is 0 Å². The molecule has 0 bridgehead atoms. The van der Waals surface area contributed by atoms with Gasteiger partial charge in [0.05, 0.1) is 16.2 Å². The quantitative estimate of drug-likeness (QED) is 0.611. The fourth-order valence-electron chi connectivity index (χ4n) is 1.69. The van der Waals surface area contributed by atoms with Crippen LogP contribution in [0.5, 0.6) is 0 Å². The van der Waals surface area contributed by atoms with Crippen LogP contribution in [0, 0.1) is 26.9 Å². The molecule has 0 atom stereocenters. The van der Waals surface area contributed by atoms with Gasteiger partial charge in [0, 0.05) is 32.4 Å². The molecule has 0 amide bonds. The van der Waals surface area contributed by atoms with Gasteiger partial charge < -0.3 is 10.1 Å². The highest BCUT2D eigenvalue weighted by molar-refractivity contribution is 5.61. The molecule has 0 saturated heterocycles. The van der Waals surface area contributed by atoms with E-state index in [9.17, 15) is 10.1 Å². The van der Waals surface area contributed by atoms with E-state index in [1.165, 1.54) is 12.1 Å². The fraction of sp³-hybridized carbons (Fsp3) is 0.500. The van der Waals surface area contributed by atoms with Crippen molar-refractivity contribution in [3.8, 4) is 6.07 Å². The van der Waals surface area contributed by atoms with Gasteiger partial charge in [0.2, 0.25) is 0 Å². The van der Waals surface area contributed by atoms with Gasteiger partial charge in [-0.05, 0) is 17.9 Å². The largest absolute Gasteiger partial charge is 0.385 e. The van der Waals surface area contributed by atoms with Gasteiger partial charge in [-0.3, -0.25) is 10.1 Å². The second kappa shape index (κ2) is 6.87. The monoisotopic (exact) mass is 277 g/mol. The van der Waals surface area contributed by atoms with E-state index in [-0.39, 0.29) is 16.7 Å². The molecule has 0 saturated carbocycles. The Balaban J connectivity index is 2.78. The van der Waals surface area contributed by atoms with E-state index in [1.807, 2.05) is 6.07 Å². The van der Waals surface area contributed by atoms with Crippen molar-refractivity contribution in [2.24, 2.45) is 5.41 Å². The molecule has 0 aliphatic rings. The predicted octanol–water partition coefficient (Wildman–Crippen LogP) is 2.94. The van der Waals surface area contributed by atoms with Crippen molar-refractivity contribution in [1.29, 1.82) is 5.26 Å². The molecule has 0 radical (unpaired) electrons. The highest BCUT2D eigenvalue weighted by Gasteiger charge is 2.18. The van der Waals surface area contributed by atoms with Crippen LogP contribution in [0.1, 0.15) is 25.8 Å². The third kappa shape index (κ3) is 4.52. The van der Waals surface area contributed by atoms with Crippen LogP contribution in [0.3, 0.4) is 0 Å². The fourth-order valence-corrected chi connectivity index (χ4v) is 1.69. The lowest BCUT2D eigenvalue weighted by molar-refractivity contribution is -0.384. The van der Waals surface area contributed by atoms with Gasteiger partial charge in [-0.2, -0.15) is 5.26 Å². The summed E-state index contributed by atoms with van der Waals surface area (Å²) in [5.41, 5.74) is 0.820. The second-order valence-electron chi connectivity index (χ2n) is 5.36. The number of nitrogens with one attached hydrogen (secondary N) is 1. The summed E-state index contributed by atoms with van der Waals surface area (Å²) in [6.45, 7) is 5.51. The van der Waals surface area contributed by atoms with E-state index >= 15 is 0 Å². The lowest BCUT2D eigenvalue weighted by Gasteiger charge is -2.25. The Hall–Kier alpha value is -2.13. The third-order valence-electron chi connectivity index (χ3n) is 3.07. The molecule has 0 fully saturated rings. The van der Waals surface area contributed by atoms with Gasteiger partial charge in [0.15, 0.2) is 0 Å². The Morgan fingerprint density at radius 2 is 2.20 bits per heavy atom. The number of benzene rings is 1. The molecule has 6 nitrogen and oxygen atoms in total. The number of hydrogen-bond acceptors (Lipinski definition) is 5. The molecule has 1 N–H and O–H groups in total. The molecule has 0 spiro atoms. The average Bonchev–Trinajstić information content (AvgIpc) is 2.42. The second-order valence-corrected chi connectivity index (χ2v) is 5.36. The normalized spacial score (nSPS) is 10.9. The minimum absolute atomic E-state index is 0.00447. The Labute approximate surface area is 118 Å². The number of methoxy groups -OCH3 is 1. The molecular formula is C14H19N3O3. The molecule has 108 valence electrons. The highest BCUT2D eigenvalue weighted by Crippen LogP contribution is 2.25. The van der Waals surface area contributed by atoms with Crippen LogP contribution in [0.4, 0.5) is 11.4 Å². The maximum atomic E-state index is 10.7. The number of rotatable bonds is 7. The lowest BCUT2D eigenvalue weighted by Crippen LogP contribution is -2.24. The topological polar surface area (TPSA) is 88.2 Å². The first-order chi connectivity index (χ1) is 9.39. The minimum atomic E-state index is -0.507. The number of ether oxygens (including phenoxy) is 1. The summed E-state index contributed by atoms with van der Waals surface area (Å²) in [6, 6.07) is 6.23. The van der Waals surface area contributed by atoms with Crippen LogP contribution in [-0.2, 0) is 4.74 Å². The smallest absolute Gasteiger partial charge is 0.270 e. The highest BCUT2D eigenvalue weighted by atomic mass is 16.6. The molecule has 6 heteroatoms. The molecule has 20 heavy (non-hydrogen) atoms. The zero-order valence-corrected chi connectivity index (χ0v) is 12.0. The Kier molecular flexibility index (Phi) is 5.47. The summed E-state index contributed by atoms with van der Waals surface area (Å²) in [5.74, 6) is 0. The van der Waals surface area contributed by atoms with Crippen LogP contribution in [0.15, 0.2) is 18.2 Å². The number of non-ortho nitro benzene ring substituents is 1. The third-order valence-corrected chi connectivity index (χ3v) is 3.07. The summed E-state index contributed by atoms with van der Waals surface area (Å²) in [4.78, 5) is 10.2. The van der Waals surface area contributed by atoms with Crippen LogP contribution in [0.25, 0.3) is 0 Å². The Morgan fingerprint density at radius 3 is 2.75 bits per heavy atom. The number of nitriles is 1. The van der Waals surface area contributed by atoms with Gasteiger partial charge in [-0.15, -0.1) is 0 Å². The van der Waals surface area contributed by atoms with Crippen molar-refractivity contribution < 1.29 is 9.66 Å². The Bertz CT molecular complexity index is 521. The van der Waals surface area contributed by atoms with Crippen LogP contribution in [0.2, 0.25) is 0 Å². The van der Waals surface area contributed by atoms with Crippen molar-refractivity contribution in [2.75, 3.05) is 25.6 Å². The predicted molar refractivity (Wildman–Crippen MR) is 76.6 cm³/mol. The summed E-state index contributed by atoms with van der Waals surface area (Å²) < 4.78 is 5.06. The van der Waals surface area contributed by atoms with Gasteiger partial charge in [0.1, 0.15) is 6.07 Å². The molecular weight excluding hydrogens is 258 g/mol. The van der Waals surface area contributed by atoms with Crippen molar-refractivity contribution in [1.82, 2.24) is 0 Å². The number of nitro benzene ring substituents is 1. The summed E-state index contributed by atoms with van der Waals surface area (Å²) in [5, 5.41) is 22.9. The first kappa shape index (κ1) is 15.9. The van der Waals surface area contributed by atoms with E-state index < -0.39 is 4.92 Å². The molecule has 1 aromatic carbocycles. The summed E-state index contributed by atoms with van der Waals surface area (Å²) in [6.07, 6.45) is 0.880. The number of nitro groups is 1. The van der Waals surface area contributed by atoms with Gasteiger partial charge in [0.25, 0.3) is 5.69 Å². The number of hydrogen-bond donors (Lipinski definition) is 1. The number of anilines is 1. The van der Waals surface area contributed by atoms with Crippen LogP contribution in [-0.4, -0.2) is 25.2 Å². The molecule has 0 heterocycles. The van der Waals surface area contributed by atoms with Crippen molar-refractivity contribution >= 4 is 11.4 Å². The molecule has 0 aliphatic carbocycles. The van der Waals surface area contributed by atoms with E-state index in [0.717, 1.165) is 6.42 Å². The van der Waals surface area contributed by atoms with Crippen molar-refractivity contribution in [3.63, 3.8) is 0 Å².